The molecular formula is C15H21NO3. The zero-order chi connectivity index (χ0) is 14.5. The fourth-order valence-corrected chi connectivity index (χ4v) is 1.43. The summed E-state index contributed by atoms with van der Waals surface area (Å²) in [4.78, 5) is 4.35. The van der Waals surface area contributed by atoms with Gasteiger partial charge < -0.3 is 14.6 Å². The second-order valence-corrected chi connectivity index (χ2v) is 5.08. The lowest BCUT2D eigenvalue weighted by Crippen LogP contribution is -2.08. The smallest absolute Gasteiger partial charge is 0.200 e. The monoisotopic (exact) mass is 263 g/mol. The molecular weight excluding hydrogens is 242 g/mol. The Labute approximate surface area is 114 Å². The first kappa shape index (κ1) is 15.1. The largest absolute Gasteiger partial charge is 0.502 e. The molecule has 1 aromatic carbocycles. The van der Waals surface area contributed by atoms with Crippen LogP contribution in [-0.2, 0) is 0 Å². The standard InChI is InChI=1S/C15H21NO3/c1-15(2,3)16-8-6-7-11-9-12(18-4)14(17)13(10-11)19-5/h6-10,17H,1-5H3/b7-6+,16-8-. The number of ether oxygens (including phenoxy) is 2. The molecule has 0 aliphatic rings. The van der Waals surface area contributed by atoms with Gasteiger partial charge in [0, 0.05) is 6.21 Å². The number of aromatic hydroxyl groups is 1. The van der Waals surface area contributed by atoms with Gasteiger partial charge in [0.2, 0.25) is 5.75 Å². The number of methoxy groups -OCH3 is 2. The van der Waals surface area contributed by atoms with Crippen LogP contribution in [0, 0.1) is 0 Å². The molecule has 0 atom stereocenters. The van der Waals surface area contributed by atoms with Crippen molar-refractivity contribution in [3.63, 3.8) is 0 Å². The number of aliphatic imine (C=N–C) groups is 1. The van der Waals surface area contributed by atoms with Gasteiger partial charge in [-0.3, -0.25) is 4.99 Å². The highest BCUT2D eigenvalue weighted by molar-refractivity contribution is 5.79. The van der Waals surface area contributed by atoms with E-state index in [1.54, 1.807) is 18.3 Å². The van der Waals surface area contributed by atoms with E-state index in [9.17, 15) is 5.11 Å². The highest BCUT2D eigenvalue weighted by Crippen LogP contribution is 2.37. The molecule has 0 amide bonds. The van der Waals surface area contributed by atoms with Crippen LogP contribution in [0.5, 0.6) is 17.2 Å². The van der Waals surface area contributed by atoms with Gasteiger partial charge in [0.05, 0.1) is 19.8 Å². The maximum atomic E-state index is 9.79. The normalized spacial score (nSPS) is 12.3. The quantitative estimate of drug-likeness (QED) is 0.848. The fourth-order valence-electron chi connectivity index (χ4n) is 1.43. The Morgan fingerprint density at radius 2 is 1.63 bits per heavy atom. The van der Waals surface area contributed by atoms with Crippen molar-refractivity contribution in [2.75, 3.05) is 14.2 Å². The van der Waals surface area contributed by atoms with E-state index in [0.717, 1.165) is 5.56 Å². The van der Waals surface area contributed by atoms with Crippen molar-refractivity contribution in [1.29, 1.82) is 0 Å². The second kappa shape index (κ2) is 6.27. The maximum absolute atomic E-state index is 9.79. The summed E-state index contributed by atoms with van der Waals surface area (Å²) in [5, 5.41) is 9.79. The van der Waals surface area contributed by atoms with E-state index in [-0.39, 0.29) is 11.3 Å². The van der Waals surface area contributed by atoms with Crippen LogP contribution < -0.4 is 9.47 Å². The lowest BCUT2D eigenvalue weighted by atomic mass is 10.1. The van der Waals surface area contributed by atoms with Gasteiger partial charge in [-0.05, 0) is 44.5 Å². The van der Waals surface area contributed by atoms with E-state index in [0.29, 0.717) is 11.5 Å². The molecule has 0 aliphatic heterocycles. The van der Waals surface area contributed by atoms with E-state index in [4.69, 9.17) is 9.47 Å². The van der Waals surface area contributed by atoms with Crippen LogP contribution in [0.25, 0.3) is 6.08 Å². The third kappa shape index (κ3) is 4.66. The summed E-state index contributed by atoms with van der Waals surface area (Å²) >= 11 is 0. The highest BCUT2D eigenvalue weighted by Gasteiger charge is 2.09. The van der Waals surface area contributed by atoms with Crippen LogP contribution in [0.1, 0.15) is 26.3 Å². The third-order valence-electron chi connectivity index (χ3n) is 2.34. The molecule has 4 nitrogen and oxygen atoms in total. The van der Waals surface area contributed by atoms with Crippen LogP contribution in [0.3, 0.4) is 0 Å². The van der Waals surface area contributed by atoms with Crippen molar-refractivity contribution >= 4 is 12.3 Å². The van der Waals surface area contributed by atoms with E-state index in [1.165, 1.54) is 14.2 Å². The van der Waals surface area contributed by atoms with E-state index in [1.807, 2.05) is 32.9 Å². The number of hydrogen-bond acceptors (Lipinski definition) is 4. The molecule has 4 heteroatoms. The van der Waals surface area contributed by atoms with E-state index >= 15 is 0 Å². The van der Waals surface area contributed by atoms with Gasteiger partial charge in [0.1, 0.15) is 0 Å². The van der Waals surface area contributed by atoms with Crippen molar-refractivity contribution < 1.29 is 14.6 Å². The van der Waals surface area contributed by atoms with Crippen molar-refractivity contribution in [1.82, 2.24) is 0 Å². The van der Waals surface area contributed by atoms with E-state index < -0.39 is 0 Å². The Bertz CT molecular complexity index is 460. The summed E-state index contributed by atoms with van der Waals surface area (Å²) in [6, 6.07) is 3.47. The number of rotatable bonds is 4. The summed E-state index contributed by atoms with van der Waals surface area (Å²) in [5.74, 6) is 0.768. The molecule has 0 aromatic heterocycles. The minimum atomic E-state index is -0.0886. The Kier molecular flexibility index (Phi) is 4.98. The molecule has 0 unspecified atom stereocenters. The molecule has 104 valence electrons. The molecule has 1 rings (SSSR count). The summed E-state index contributed by atoms with van der Waals surface area (Å²) in [6.07, 6.45) is 5.47. The lowest BCUT2D eigenvalue weighted by Gasteiger charge is -2.10. The summed E-state index contributed by atoms with van der Waals surface area (Å²) < 4.78 is 10.2. The molecule has 0 bridgehead atoms. The SMILES string of the molecule is COc1cc(/C=C/C=N\C(C)(C)C)cc(OC)c1O. The Morgan fingerprint density at radius 3 is 2.05 bits per heavy atom. The zero-order valence-corrected chi connectivity index (χ0v) is 12.1. The number of phenolic OH excluding ortho intramolecular Hbond substituents is 1. The van der Waals surface area contributed by atoms with Crippen LogP contribution in [-0.4, -0.2) is 31.1 Å². The Morgan fingerprint density at radius 1 is 1.11 bits per heavy atom. The van der Waals surface area contributed by atoms with Gasteiger partial charge >= 0.3 is 0 Å². The number of phenols is 1. The first-order chi connectivity index (χ1) is 8.87. The topological polar surface area (TPSA) is 51.0 Å². The minimum absolute atomic E-state index is 0.00510. The highest BCUT2D eigenvalue weighted by atomic mass is 16.5. The molecule has 1 N–H and O–H groups in total. The van der Waals surface area contributed by atoms with Crippen LogP contribution in [0.4, 0.5) is 0 Å². The molecule has 0 radical (unpaired) electrons. The van der Waals surface area contributed by atoms with Crippen molar-refractivity contribution in [2.45, 2.75) is 26.3 Å². The van der Waals surface area contributed by atoms with Gasteiger partial charge in [0.15, 0.2) is 11.5 Å². The molecule has 0 spiro atoms. The van der Waals surface area contributed by atoms with Crippen LogP contribution in [0.2, 0.25) is 0 Å². The molecule has 0 aliphatic carbocycles. The Hall–Kier alpha value is -1.97. The number of allylic oxidation sites excluding steroid dienone is 1. The van der Waals surface area contributed by atoms with Gasteiger partial charge in [-0.25, -0.2) is 0 Å². The molecule has 0 saturated carbocycles. The van der Waals surface area contributed by atoms with Crippen molar-refractivity contribution in [3.05, 3.63) is 23.8 Å². The molecule has 19 heavy (non-hydrogen) atoms. The number of hydrogen-bond donors (Lipinski definition) is 1. The summed E-state index contributed by atoms with van der Waals surface area (Å²) in [7, 11) is 3.01. The lowest BCUT2D eigenvalue weighted by molar-refractivity contribution is 0.340. The number of nitrogens with zero attached hydrogens (tertiary/aromatic N) is 1. The van der Waals surface area contributed by atoms with Gasteiger partial charge in [-0.2, -0.15) is 0 Å². The van der Waals surface area contributed by atoms with Crippen LogP contribution in [0.15, 0.2) is 23.2 Å². The number of benzene rings is 1. The van der Waals surface area contributed by atoms with Gasteiger partial charge in [-0.1, -0.05) is 6.08 Å². The zero-order valence-electron chi connectivity index (χ0n) is 12.1. The summed E-state index contributed by atoms with van der Waals surface area (Å²) in [6.45, 7) is 6.10. The average molecular weight is 263 g/mol. The van der Waals surface area contributed by atoms with Crippen LogP contribution >= 0.6 is 0 Å². The predicted octanol–water partition coefficient (Wildman–Crippen LogP) is 3.29. The van der Waals surface area contributed by atoms with Crippen molar-refractivity contribution in [3.8, 4) is 17.2 Å². The maximum Gasteiger partial charge on any atom is 0.200 e. The minimum Gasteiger partial charge on any atom is -0.502 e. The third-order valence-corrected chi connectivity index (χ3v) is 2.34. The molecule has 0 saturated heterocycles. The second-order valence-electron chi connectivity index (χ2n) is 5.08. The first-order valence-corrected chi connectivity index (χ1v) is 6.04. The first-order valence-electron chi connectivity index (χ1n) is 6.04. The predicted molar refractivity (Wildman–Crippen MR) is 78.5 cm³/mol. The summed E-state index contributed by atoms with van der Waals surface area (Å²) in [5.41, 5.74) is 0.779. The molecule has 0 heterocycles. The van der Waals surface area contributed by atoms with Crippen molar-refractivity contribution in [2.24, 2.45) is 4.99 Å². The van der Waals surface area contributed by atoms with E-state index in [2.05, 4.69) is 4.99 Å². The molecule has 0 fully saturated rings. The van der Waals surface area contributed by atoms with Gasteiger partial charge in [0.25, 0.3) is 0 Å². The average Bonchev–Trinajstić information content (AvgIpc) is 2.35. The fraction of sp³-hybridized carbons (Fsp3) is 0.400. The Balaban J connectivity index is 2.96. The van der Waals surface area contributed by atoms with Gasteiger partial charge in [-0.15, -0.1) is 0 Å². The molecule has 1 aromatic rings.